The highest BCUT2D eigenvalue weighted by Crippen LogP contribution is 2.46. The van der Waals surface area contributed by atoms with Crippen LogP contribution in [0.2, 0.25) is 0 Å². The second-order valence-electron chi connectivity index (χ2n) is 7.77. The molecular formula is C25H20N4. The van der Waals surface area contributed by atoms with Gasteiger partial charge in [0.1, 0.15) is 0 Å². The number of rotatable bonds is 4. The van der Waals surface area contributed by atoms with Crippen LogP contribution >= 0.6 is 0 Å². The zero-order chi connectivity index (χ0) is 19.3. The predicted octanol–water partition coefficient (Wildman–Crippen LogP) is 4.52. The molecule has 6 rings (SSSR count). The van der Waals surface area contributed by atoms with E-state index in [1.54, 1.807) is 0 Å². The molecule has 0 amide bonds. The lowest BCUT2D eigenvalue weighted by Gasteiger charge is -2.18. The Morgan fingerprint density at radius 2 is 1.07 bits per heavy atom. The molecular weight excluding hydrogens is 356 g/mol. The molecule has 2 aliphatic rings. The lowest BCUT2D eigenvalue weighted by molar-refractivity contribution is 0.623. The van der Waals surface area contributed by atoms with E-state index in [9.17, 15) is 0 Å². The van der Waals surface area contributed by atoms with Crippen molar-refractivity contribution in [3.05, 3.63) is 119 Å². The highest BCUT2D eigenvalue weighted by atomic mass is 15.3. The topological polar surface area (TPSA) is 35.6 Å². The molecule has 2 aliphatic carbocycles. The number of benzene rings is 2. The first-order valence-electron chi connectivity index (χ1n) is 9.92. The molecule has 0 N–H and O–H groups in total. The van der Waals surface area contributed by atoms with Crippen molar-refractivity contribution in [1.82, 2.24) is 19.6 Å². The van der Waals surface area contributed by atoms with Crippen molar-refractivity contribution < 1.29 is 0 Å². The molecule has 140 valence electrons. The fourth-order valence-corrected chi connectivity index (χ4v) is 4.39. The Kier molecular flexibility index (Phi) is 3.47. The van der Waals surface area contributed by atoms with Gasteiger partial charge in [0, 0.05) is 23.5 Å². The van der Waals surface area contributed by atoms with Crippen LogP contribution in [0.3, 0.4) is 0 Å². The van der Waals surface area contributed by atoms with Gasteiger partial charge in [-0.15, -0.1) is 0 Å². The number of hydrogen-bond donors (Lipinski definition) is 0. The average molecular weight is 376 g/mol. The van der Waals surface area contributed by atoms with Crippen LogP contribution in [0, 0.1) is 0 Å². The zero-order valence-electron chi connectivity index (χ0n) is 15.9. The van der Waals surface area contributed by atoms with Gasteiger partial charge >= 0.3 is 0 Å². The van der Waals surface area contributed by atoms with E-state index in [1.807, 2.05) is 21.5 Å². The van der Waals surface area contributed by atoms with Gasteiger partial charge < -0.3 is 0 Å². The molecule has 0 bridgehead atoms. The van der Waals surface area contributed by atoms with E-state index in [-0.39, 0.29) is 5.41 Å². The fourth-order valence-electron chi connectivity index (χ4n) is 4.39. The SMILES string of the molecule is C1=CC2(C=Cc3cn(Cc4ccccc4)nc32)c2nn(Cc3ccccc3)cc21. The van der Waals surface area contributed by atoms with Crippen molar-refractivity contribution in [2.24, 2.45) is 0 Å². The first-order valence-corrected chi connectivity index (χ1v) is 9.92. The third-order valence-electron chi connectivity index (χ3n) is 5.79. The summed E-state index contributed by atoms with van der Waals surface area (Å²) in [6, 6.07) is 20.9. The Labute approximate surface area is 169 Å². The number of nitrogens with zero attached hydrogens (tertiary/aromatic N) is 4. The van der Waals surface area contributed by atoms with Crippen LogP contribution in [0.1, 0.15) is 33.6 Å². The van der Waals surface area contributed by atoms with E-state index in [4.69, 9.17) is 10.2 Å². The van der Waals surface area contributed by atoms with Gasteiger partial charge in [-0.05, 0) is 11.1 Å². The molecule has 0 fully saturated rings. The molecule has 0 atom stereocenters. The number of allylic oxidation sites excluding steroid dienone is 2. The molecule has 0 radical (unpaired) electrons. The second kappa shape index (κ2) is 6.17. The Morgan fingerprint density at radius 1 is 0.621 bits per heavy atom. The Morgan fingerprint density at radius 3 is 1.52 bits per heavy atom. The van der Waals surface area contributed by atoms with Gasteiger partial charge in [-0.25, -0.2) is 0 Å². The van der Waals surface area contributed by atoms with Crippen molar-refractivity contribution in [2.45, 2.75) is 18.5 Å². The summed E-state index contributed by atoms with van der Waals surface area (Å²) in [5.41, 5.74) is 6.67. The van der Waals surface area contributed by atoms with Crippen LogP contribution in [-0.2, 0) is 18.5 Å². The third kappa shape index (κ3) is 2.60. The molecule has 4 heteroatoms. The maximum atomic E-state index is 4.97. The molecule has 29 heavy (non-hydrogen) atoms. The summed E-state index contributed by atoms with van der Waals surface area (Å²) in [5.74, 6) is 0. The summed E-state index contributed by atoms with van der Waals surface area (Å²) in [6.45, 7) is 1.55. The summed E-state index contributed by atoms with van der Waals surface area (Å²) in [6.07, 6.45) is 13.1. The van der Waals surface area contributed by atoms with Crippen molar-refractivity contribution in [3.8, 4) is 0 Å². The fraction of sp³-hybridized carbons (Fsp3) is 0.120. The Hall–Kier alpha value is -3.66. The zero-order valence-corrected chi connectivity index (χ0v) is 15.9. The van der Waals surface area contributed by atoms with Gasteiger partial charge in [0.2, 0.25) is 0 Å². The largest absolute Gasteiger partial charge is 0.267 e. The third-order valence-corrected chi connectivity index (χ3v) is 5.79. The van der Waals surface area contributed by atoms with Crippen LogP contribution in [0.4, 0.5) is 0 Å². The van der Waals surface area contributed by atoms with Crippen LogP contribution in [0.15, 0.2) is 85.2 Å². The summed E-state index contributed by atoms with van der Waals surface area (Å²) < 4.78 is 4.08. The first-order chi connectivity index (χ1) is 14.3. The smallest absolute Gasteiger partial charge is 0.0962 e. The molecule has 2 aromatic carbocycles. The Balaban J connectivity index is 1.34. The summed E-state index contributed by atoms with van der Waals surface area (Å²) in [7, 11) is 0. The lowest BCUT2D eigenvalue weighted by atomic mass is 9.86. The summed E-state index contributed by atoms with van der Waals surface area (Å²) in [5, 5.41) is 9.93. The molecule has 0 saturated heterocycles. The molecule has 4 nitrogen and oxygen atoms in total. The van der Waals surface area contributed by atoms with Crippen molar-refractivity contribution in [3.63, 3.8) is 0 Å². The van der Waals surface area contributed by atoms with Crippen molar-refractivity contribution in [2.75, 3.05) is 0 Å². The number of aromatic nitrogens is 4. The van der Waals surface area contributed by atoms with Gasteiger partial charge in [-0.3, -0.25) is 9.36 Å². The maximum Gasteiger partial charge on any atom is 0.0962 e. The van der Waals surface area contributed by atoms with Gasteiger partial charge in [0.05, 0.1) is 29.9 Å². The van der Waals surface area contributed by atoms with Gasteiger partial charge in [0.25, 0.3) is 0 Å². The quantitative estimate of drug-likeness (QED) is 0.525. The standard InChI is InChI=1S/C25H20N4/c1-3-7-19(8-4-1)15-28-17-21-11-13-25(23(21)26-28)14-12-22-18-29(27-24(22)25)16-20-9-5-2-6-10-20/h1-14,17-18H,15-16H2. The van der Waals surface area contributed by atoms with E-state index in [0.29, 0.717) is 0 Å². The maximum absolute atomic E-state index is 4.97. The lowest BCUT2D eigenvalue weighted by Crippen LogP contribution is -2.21. The molecule has 0 saturated carbocycles. The molecule has 0 unspecified atom stereocenters. The highest BCUT2D eigenvalue weighted by Gasteiger charge is 2.43. The molecule has 4 aromatic rings. The van der Waals surface area contributed by atoms with Crippen LogP contribution in [0.5, 0.6) is 0 Å². The predicted molar refractivity (Wildman–Crippen MR) is 114 cm³/mol. The molecule has 2 heterocycles. The normalized spacial score (nSPS) is 15.2. The minimum absolute atomic E-state index is 0.339. The van der Waals surface area contributed by atoms with E-state index in [2.05, 4.69) is 85.2 Å². The van der Waals surface area contributed by atoms with Gasteiger partial charge in [-0.2, -0.15) is 10.2 Å². The highest BCUT2D eigenvalue weighted by molar-refractivity contribution is 5.76. The Bertz CT molecular complexity index is 1140. The molecule has 0 aliphatic heterocycles. The second-order valence-corrected chi connectivity index (χ2v) is 7.77. The average Bonchev–Trinajstić information content (AvgIpc) is 3.48. The van der Waals surface area contributed by atoms with E-state index in [0.717, 1.165) is 24.5 Å². The molecule has 2 aromatic heterocycles. The van der Waals surface area contributed by atoms with E-state index in [1.165, 1.54) is 22.3 Å². The van der Waals surface area contributed by atoms with Crippen molar-refractivity contribution >= 4 is 12.2 Å². The van der Waals surface area contributed by atoms with Crippen LogP contribution in [0.25, 0.3) is 12.2 Å². The minimum Gasteiger partial charge on any atom is -0.267 e. The summed E-state index contributed by atoms with van der Waals surface area (Å²) >= 11 is 0. The monoisotopic (exact) mass is 376 g/mol. The van der Waals surface area contributed by atoms with Crippen LogP contribution in [-0.4, -0.2) is 19.6 Å². The summed E-state index contributed by atoms with van der Waals surface area (Å²) in [4.78, 5) is 0. The van der Waals surface area contributed by atoms with Gasteiger partial charge in [0.15, 0.2) is 0 Å². The number of hydrogen-bond acceptors (Lipinski definition) is 2. The van der Waals surface area contributed by atoms with E-state index >= 15 is 0 Å². The van der Waals surface area contributed by atoms with Crippen molar-refractivity contribution in [1.29, 1.82) is 0 Å². The first kappa shape index (κ1) is 16.3. The number of fused-ring (bicyclic) bond motifs is 4. The van der Waals surface area contributed by atoms with Gasteiger partial charge in [-0.1, -0.05) is 85.0 Å². The minimum atomic E-state index is -0.339. The van der Waals surface area contributed by atoms with Crippen LogP contribution < -0.4 is 0 Å². The van der Waals surface area contributed by atoms with E-state index < -0.39 is 0 Å². The molecule has 1 spiro atoms.